The topological polar surface area (TPSA) is 86.2 Å². The molecular weight excluding hydrogens is 290 g/mol. The molecular formula is C13H13N5O2S. The summed E-state index contributed by atoms with van der Waals surface area (Å²) in [5, 5.41) is 24.4. The van der Waals surface area contributed by atoms with Gasteiger partial charge in [-0.2, -0.15) is 9.61 Å². The van der Waals surface area contributed by atoms with Gasteiger partial charge < -0.3 is 0 Å². The van der Waals surface area contributed by atoms with Gasteiger partial charge in [-0.25, -0.2) is 0 Å². The highest BCUT2D eigenvalue weighted by Crippen LogP contribution is 2.30. The van der Waals surface area contributed by atoms with Gasteiger partial charge in [-0.05, 0) is 13.3 Å². The fourth-order valence-corrected chi connectivity index (χ4v) is 2.95. The first-order chi connectivity index (χ1) is 10.1. The summed E-state index contributed by atoms with van der Waals surface area (Å²) in [7, 11) is 0. The largest absolute Gasteiger partial charge is 0.273 e. The molecule has 0 unspecified atom stereocenters. The molecule has 21 heavy (non-hydrogen) atoms. The van der Waals surface area contributed by atoms with Crippen LogP contribution in [0.3, 0.4) is 0 Å². The molecule has 7 nitrogen and oxygen atoms in total. The molecule has 0 aliphatic rings. The summed E-state index contributed by atoms with van der Waals surface area (Å²) < 4.78 is 1.72. The summed E-state index contributed by atoms with van der Waals surface area (Å²) in [5.74, 6) is 0.816. The standard InChI is InChI=1S/C13H13N5O2S/c1-3-4-11-14-15-13-17(11)16-12(21-13)9-6-5-8(2)10(7-9)18(19)20/h5-7H,3-4H2,1-2H3. The van der Waals surface area contributed by atoms with Gasteiger partial charge in [0.1, 0.15) is 5.01 Å². The van der Waals surface area contributed by atoms with Crippen LogP contribution in [0.25, 0.3) is 15.5 Å². The van der Waals surface area contributed by atoms with Crippen LogP contribution in [0.1, 0.15) is 24.7 Å². The number of nitro groups is 1. The fraction of sp³-hybridized carbons (Fsp3) is 0.308. The van der Waals surface area contributed by atoms with Crippen molar-refractivity contribution in [3.05, 3.63) is 39.7 Å². The van der Waals surface area contributed by atoms with Crippen molar-refractivity contribution in [2.24, 2.45) is 0 Å². The van der Waals surface area contributed by atoms with E-state index >= 15 is 0 Å². The number of fused-ring (bicyclic) bond motifs is 1. The summed E-state index contributed by atoms with van der Waals surface area (Å²) in [4.78, 5) is 11.4. The summed E-state index contributed by atoms with van der Waals surface area (Å²) in [6.07, 6.45) is 1.77. The van der Waals surface area contributed by atoms with E-state index in [1.165, 1.54) is 11.3 Å². The van der Waals surface area contributed by atoms with Crippen LogP contribution in [-0.2, 0) is 6.42 Å². The summed E-state index contributed by atoms with van der Waals surface area (Å²) in [5.41, 5.74) is 1.47. The molecule has 0 radical (unpaired) electrons. The van der Waals surface area contributed by atoms with Crippen molar-refractivity contribution < 1.29 is 4.92 Å². The average Bonchev–Trinajstić information content (AvgIpc) is 3.01. The Morgan fingerprint density at radius 2 is 2.19 bits per heavy atom. The van der Waals surface area contributed by atoms with Gasteiger partial charge in [0.2, 0.25) is 4.96 Å². The molecule has 0 bridgehead atoms. The van der Waals surface area contributed by atoms with Crippen LogP contribution in [-0.4, -0.2) is 24.7 Å². The monoisotopic (exact) mass is 303 g/mol. The highest BCUT2D eigenvalue weighted by molar-refractivity contribution is 7.19. The first-order valence-corrected chi connectivity index (χ1v) is 7.38. The van der Waals surface area contributed by atoms with Gasteiger partial charge in [0, 0.05) is 23.6 Å². The number of benzene rings is 1. The Morgan fingerprint density at radius 3 is 2.90 bits per heavy atom. The number of hydrogen-bond donors (Lipinski definition) is 0. The van der Waals surface area contributed by atoms with E-state index < -0.39 is 0 Å². The van der Waals surface area contributed by atoms with Crippen LogP contribution in [0.15, 0.2) is 18.2 Å². The zero-order valence-electron chi connectivity index (χ0n) is 11.6. The summed E-state index contributed by atoms with van der Waals surface area (Å²) >= 11 is 1.38. The van der Waals surface area contributed by atoms with Crippen LogP contribution >= 0.6 is 11.3 Å². The van der Waals surface area contributed by atoms with Crippen molar-refractivity contribution in [1.82, 2.24) is 19.8 Å². The third kappa shape index (κ3) is 2.38. The van der Waals surface area contributed by atoms with Gasteiger partial charge in [0.25, 0.3) is 5.69 Å². The fourth-order valence-electron chi connectivity index (χ4n) is 2.09. The maximum atomic E-state index is 11.0. The van der Waals surface area contributed by atoms with E-state index in [1.807, 2.05) is 6.07 Å². The van der Waals surface area contributed by atoms with Crippen molar-refractivity contribution in [1.29, 1.82) is 0 Å². The van der Waals surface area contributed by atoms with Crippen LogP contribution in [0, 0.1) is 17.0 Å². The Kier molecular flexibility index (Phi) is 3.38. The van der Waals surface area contributed by atoms with Gasteiger partial charge in [-0.1, -0.05) is 30.4 Å². The number of aryl methyl sites for hydroxylation is 2. The summed E-state index contributed by atoms with van der Waals surface area (Å²) in [6.45, 7) is 3.79. The molecule has 0 spiro atoms. The van der Waals surface area contributed by atoms with E-state index in [0.29, 0.717) is 15.5 Å². The molecule has 0 saturated heterocycles. The van der Waals surface area contributed by atoms with Crippen molar-refractivity contribution in [2.45, 2.75) is 26.7 Å². The minimum Gasteiger partial charge on any atom is -0.258 e. The van der Waals surface area contributed by atoms with E-state index in [0.717, 1.165) is 24.2 Å². The molecule has 2 aromatic heterocycles. The molecule has 1 aromatic carbocycles. The van der Waals surface area contributed by atoms with E-state index in [-0.39, 0.29) is 10.6 Å². The molecule has 108 valence electrons. The third-order valence-electron chi connectivity index (χ3n) is 3.18. The molecule has 2 heterocycles. The third-order valence-corrected chi connectivity index (χ3v) is 4.13. The van der Waals surface area contributed by atoms with E-state index in [1.54, 1.807) is 23.6 Å². The number of nitrogens with zero attached hydrogens (tertiary/aromatic N) is 5. The molecule has 0 saturated carbocycles. The smallest absolute Gasteiger partial charge is 0.258 e. The molecule has 3 aromatic rings. The SMILES string of the molecule is CCCc1nnc2sc(-c3ccc(C)c([N+](=O)[O-])c3)nn12. The molecule has 0 atom stereocenters. The highest BCUT2D eigenvalue weighted by Gasteiger charge is 2.16. The normalized spacial score (nSPS) is 11.1. The molecule has 8 heteroatoms. The van der Waals surface area contributed by atoms with Gasteiger partial charge in [-0.3, -0.25) is 10.1 Å². The molecule has 0 amide bonds. The second-order valence-electron chi connectivity index (χ2n) is 4.73. The maximum Gasteiger partial charge on any atom is 0.273 e. The van der Waals surface area contributed by atoms with Crippen LogP contribution < -0.4 is 0 Å². The Balaban J connectivity index is 2.08. The zero-order valence-corrected chi connectivity index (χ0v) is 12.4. The van der Waals surface area contributed by atoms with Crippen LogP contribution in [0.2, 0.25) is 0 Å². The molecule has 0 fully saturated rings. The van der Waals surface area contributed by atoms with Gasteiger partial charge in [-0.15, -0.1) is 10.2 Å². The Bertz CT molecular complexity index is 823. The van der Waals surface area contributed by atoms with Crippen molar-refractivity contribution in [2.75, 3.05) is 0 Å². The number of nitro benzene ring substituents is 1. The van der Waals surface area contributed by atoms with Gasteiger partial charge >= 0.3 is 0 Å². The van der Waals surface area contributed by atoms with E-state index in [9.17, 15) is 10.1 Å². The average molecular weight is 303 g/mol. The lowest BCUT2D eigenvalue weighted by atomic mass is 10.1. The highest BCUT2D eigenvalue weighted by atomic mass is 32.1. The maximum absolute atomic E-state index is 11.0. The summed E-state index contributed by atoms with van der Waals surface area (Å²) in [6, 6.07) is 5.14. The quantitative estimate of drug-likeness (QED) is 0.546. The predicted molar refractivity (Wildman–Crippen MR) is 79.5 cm³/mol. The number of aromatic nitrogens is 4. The van der Waals surface area contributed by atoms with Gasteiger partial charge in [0.15, 0.2) is 5.82 Å². The minimum absolute atomic E-state index is 0.104. The Hall–Kier alpha value is -2.35. The van der Waals surface area contributed by atoms with Crippen molar-refractivity contribution >= 4 is 22.0 Å². The minimum atomic E-state index is -0.373. The lowest BCUT2D eigenvalue weighted by Crippen LogP contribution is -1.96. The Morgan fingerprint density at radius 1 is 1.38 bits per heavy atom. The van der Waals surface area contributed by atoms with E-state index in [2.05, 4.69) is 22.2 Å². The first-order valence-electron chi connectivity index (χ1n) is 6.56. The van der Waals surface area contributed by atoms with Crippen LogP contribution in [0.4, 0.5) is 5.69 Å². The second-order valence-corrected chi connectivity index (χ2v) is 5.68. The molecule has 0 aliphatic carbocycles. The van der Waals surface area contributed by atoms with Crippen molar-refractivity contribution in [3.63, 3.8) is 0 Å². The molecule has 0 N–H and O–H groups in total. The lowest BCUT2D eigenvalue weighted by molar-refractivity contribution is -0.385. The van der Waals surface area contributed by atoms with Crippen LogP contribution in [0.5, 0.6) is 0 Å². The van der Waals surface area contributed by atoms with Crippen molar-refractivity contribution in [3.8, 4) is 10.6 Å². The molecule has 3 rings (SSSR count). The molecule has 0 aliphatic heterocycles. The van der Waals surface area contributed by atoms with Gasteiger partial charge in [0.05, 0.1) is 4.92 Å². The zero-order chi connectivity index (χ0) is 15.0. The Labute approximate surface area is 124 Å². The second kappa shape index (κ2) is 5.21. The number of rotatable bonds is 4. The predicted octanol–water partition coefficient (Wildman–Crippen LogP) is 3.02. The lowest BCUT2D eigenvalue weighted by Gasteiger charge is -1.99. The number of hydrogen-bond acceptors (Lipinski definition) is 6. The van der Waals surface area contributed by atoms with E-state index in [4.69, 9.17) is 0 Å². The first kappa shape index (κ1) is 13.6.